The molecular weight excluding hydrogens is 312 g/mol. The average molecular weight is 326 g/mol. The summed E-state index contributed by atoms with van der Waals surface area (Å²) in [7, 11) is 0. The van der Waals surface area contributed by atoms with Gasteiger partial charge in [-0.3, -0.25) is 4.79 Å². The molecule has 0 fully saturated rings. The molecule has 0 heterocycles. The van der Waals surface area contributed by atoms with E-state index in [0.717, 1.165) is 11.1 Å². The van der Waals surface area contributed by atoms with Gasteiger partial charge in [-0.1, -0.05) is 41.4 Å². The van der Waals surface area contributed by atoms with Crippen molar-refractivity contribution in [2.75, 3.05) is 6.54 Å². The molecule has 0 radical (unpaired) electrons. The number of benzene rings is 2. The second-order valence-corrected chi connectivity index (χ2v) is 5.48. The Labute approximate surface area is 132 Å². The first-order valence-electron chi connectivity index (χ1n) is 6.49. The van der Waals surface area contributed by atoms with Crippen molar-refractivity contribution >= 4 is 29.1 Å². The lowest BCUT2D eigenvalue weighted by Gasteiger charge is -2.07. The molecule has 2 nitrogen and oxygen atoms in total. The van der Waals surface area contributed by atoms with Crippen LogP contribution < -0.4 is 5.32 Å². The van der Waals surface area contributed by atoms with Gasteiger partial charge in [0.1, 0.15) is 5.82 Å². The molecule has 1 N–H and O–H groups in total. The van der Waals surface area contributed by atoms with E-state index < -0.39 is 0 Å². The molecule has 0 aromatic heterocycles. The largest absolute Gasteiger partial charge is 0.355 e. The van der Waals surface area contributed by atoms with Gasteiger partial charge in [-0.25, -0.2) is 4.39 Å². The van der Waals surface area contributed by atoms with Gasteiger partial charge in [-0.2, -0.15) is 0 Å². The van der Waals surface area contributed by atoms with Crippen LogP contribution in [0.1, 0.15) is 11.1 Å². The molecule has 110 valence electrons. The standard InChI is InChI=1S/C16H14Cl2FNO/c17-13-4-3-12(15(18)10-13)7-8-20-16(21)9-11-1-5-14(19)6-2-11/h1-6,10H,7-9H2,(H,20,21). The molecule has 5 heteroatoms. The van der Waals surface area contributed by atoms with E-state index in [9.17, 15) is 9.18 Å². The molecule has 2 rings (SSSR count). The summed E-state index contributed by atoms with van der Waals surface area (Å²) >= 11 is 11.9. The van der Waals surface area contributed by atoms with Crippen molar-refractivity contribution in [1.29, 1.82) is 0 Å². The zero-order valence-corrected chi connectivity index (χ0v) is 12.7. The third kappa shape index (κ3) is 5.03. The third-order valence-electron chi connectivity index (χ3n) is 3.01. The quantitative estimate of drug-likeness (QED) is 0.883. The lowest BCUT2D eigenvalue weighted by molar-refractivity contribution is -0.120. The molecule has 0 unspecified atom stereocenters. The van der Waals surface area contributed by atoms with Gasteiger partial charge < -0.3 is 5.32 Å². The van der Waals surface area contributed by atoms with Crippen molar-refractivity contribution in [3.8, 4) is 0 Å². The minimum atomic E-state index is -0.309. The zero-order chi connectivity index (χ0) is 15.2. The number of halogens is 3. The maximum absolute atomic E-state index is 12.8. The molecule has 0 aliphatic rings. The Balaban J connectivity index is 1.80. The van der Waals surface area contributed by atoms with E-state index in [2.05, 4.69) is 5.32 Å². The minimum absolute atomic E-state index is 0.105. The Hall–Kier alpha value is -1.58. The molecule has 0 spiro atoms. The maximum atomic E-state index is 12.8. The first-order chi connectivity index (χ1) is 10.0. The first kappa shape index (κ1) is 15.8. The fraction of sp³-hybridized carbons (Fsp3) is 0.188. The van der Waals surface area contributed by atoms with Gasteiger partial charge in [0.15, 0.2) is 0 Å². The van der Waals surface area contributed by atoms with Crippen LogP contribution >= 0.6 is 23.2 Å². The number of nitrogens with one attached hydrogen (secondary N) is 1. The van der Waals surface area contributed by atoms with Crippen molar-refractivity contribution in [2.24, 2.45) is 0 Å². The van der Waals surface area contributed by atoms with Crippen molar-refractivity contribution in [1.82, 2.24) is 5.32 Å². The number of hydrogen-bond acceptors (Lipinski definition) is 1. The topological polar surface area (TPSA) is 29.1 Å². The maximum Gasteiger partial charge on any atom is 0.224 e. The number of amides is 1. The van der Waals surface area contributed by atoms with E-state index in [0.29, 0.717) is 23.0 Å². The summed E-state index contributed by atoms with van der Waals surface area (Å²) in [4.78, 5) is 11.8. The van der Waals surface area contributed by atoms with E-state index in [-0.39, 0.29) is 18.1 Å². The summed E-state index contributed by atoms with van der Waals surface area (Å²) in [6.07, 6.45) is 0.861. The summed E-state index contributed by atoms with van der Waals surface area (Å²) in [5.74, 6) is -0.414. The predicted molar refractivity (Wildman–Crippen MR) is 83.3 cm³/mol. The second kappa shape index (κ2) is 7.43. The molecule has 0 saturated carbocycles. The van der Waals surface area contributed by atoms with Crippen LogP contribution in [0.3, 0.4) is 0 Å². The Morgan fingerprint density at radius 2 is 1.81 bits per heavy atom. The van der Waals surface area contributed by atoms with E-state index in [1.165, 1.54) is 12.1 Å². The van der Waals surface area contributed by atoms with Crippen LogP contribution in [0.4, 0.5) is 4.39 Å². The molecule has 2 aromatic rings. The number of carbonyl (C=O) groups excluding carboxylic acids is 1. The van der Waals surface area contributed by atoms with Gasteiger partial charge in [0.2, 0.25) is 5.91 Å². The van der Waals surface area contributed by atoms with Gasteiger partial charge in [0.25, 0.3) is 0 Å². The number of hydrogen-bond donors (Lipinski definition) is 1. The zero-order valence-electron chi connectivity index (χ0n) is 11.2. The summed E-state index contributed by atoms with van der Waals surface area (Å²) in [6.45, 7) is 0.487. The monoisotopic (exact) mass is 325 g/mol. The molecule has 0 saturated heterocycles. The summed E-state index contributed by atoms with van der Waals surface area (Å²) in [5.41, 5.74) is 1.71. The summed E-state index contributed by atoms with van der Waals surface area (Å²) in [5, 5.41) is 3.99. The van der Waals surface area contributed by atoms with Gasteiger partial charge in [-0.05, 0) is 41.8 Å². The van der Waals surface area contributed by atoms with Gasteiger partial charge >= 0.3 is 0 Å². The van der Waals surface area contributed by atoms with Crippen LogP contribution in [0.5, 0.6) is 0 Å². The van der Waals surface area contributed by atoms with Crippen molar-refractivity contribution < 1.29 is 9.18 Å². The molecule has 2 aromatic carbocycles. The van der Waals surface area contributed by atoms with Gasteiger partial charge in [0.05, 0.1) is 6.42 Å². The van der Waals surface area contributed by atoms with Crippen LogP contribution in [-0.2, 0) is 17.6 Å². The number of carbonyl (C=O) groups is 1. The van der Waals surface area contributed by atoms with E-state index in [4.69, 9.17) is 23.2 Å². The van der Waals surface area contributed by atoms with E-state index in [1.54, 1.807) is 24.3 Å². The molecule has 0 bridgehead atoms. The Kier molecular flexibility index (Phi) is 5.59. The summed E-state index contributed by atoms with van der Waals surface area (Å²) < 4.78 is 12.8. The van der Waals surface area contributed by atoms with Crippen molar-refractivity contribution in [2.45, 2.75) is 12.8 Å². The highest BCUT2D eigenvalue weighted by Crippen LogP contribution is 2.21. The molecular formula is C16H14Cl2FNO. The van der Waals surface area contributed by atoms with Gasteiger partial charge in [-0.15, -0.1) is 0 Å². The van der Waals surface area contributed by atoms with Crippen LogP contribution in [0.2, 0.25) is 10.0 Å². The SMILES string of the molecule is O=C(Cc1ccc(F)cc1)NCCc1ccc(Cl)cc1Cl. The highest BCUT2D eigenvalue weighted by molar-refractivity contribution is 6.35. The van der Waals surface area contributed by atoms with Crippen LogP contribution in [0.15, 0.2) is 42.5 Å². The molecule has 0 aliphatic carbocycles. The molecule has 0 aliphatic heterocycles. The second-order valence-electron chi connectivity index (χ2n) is 4.64. The van der Waals surface area contributed by atoms with Crippen LogP contribution in [-0.4, -0.2) is 12.5 Å². The van der Waals surface area contributed by atoms with E-state index >= 15 is 0 Å². The highest BCUT2D eigenvalue weighted by atomic mass is 35.5. The predicted octanol–water partition coefficient (Wildman–Crippen LogP) is 4.03. The fourth-order valence-electron chi connectivity index (χ4n) is 1.91. The Bertz CT molecular complexity index is 629. The molecule has 0 atom stereocenters. The minimum Gasteiger partial charge on any atom is -0.355 e. The molecule has 21 heavy (non-hydrogen) atoms. The Morgan fingerprint density at radius 3 is 2.48 bits per heavy atom. The first-order valence-corrected chi connectivity index (χ1v) is 7.25. The normalized spacial score (nSPS) is 10.4. The highest BCUT2D eigenvalue weighted by Gasteiger charge is 2.05. The number of rotatable bonds is 5. The van der Waals surface area contributed by atoms with Crippen LogP contribution in [0, 0.1) is 5.82 Å². The van der Waals surface area contributed by atoms with Crippen molar-refractivity contribution in [3.05, 3.63) is 69.5 Å². The fourth-order valence-corrected chi connectivity index (χ4v) is 2.41. The summed E-state index contributed by atoms with van der Waals surface area (Å²) in [6, 6.07) is 11.2. The smallest absolute Gasteiger partial charge is 0.224 e. The third-order valence-corrected chi connectivity index (χ3v) is 3.60. The van der Waals surface area contributed by atoms with Crippen LogP contribution in [0.25, 0.3) is 0 Å². The van der Waals surface area contributed by atoms with Crippen molar-refractivity contribution in [3.63, 3.8) is 0 Å². The lowest BCUT2D eigenvalue weighted by Crippen LogP contribution is -2.27. The lowest BCUT2D eigenvalue weighted by atomic mass is 10.1. The molecule has 1 amide bonds. The van der Waals surface area contributed by atoms with Gasteiger partial charge in [0, 0.05) is 16.6 Å². The Morgan fingerprint density at radius 1 is 1.10 bits per heavy atom. The average Bonchev–Trinajstić information content (AvgIpc) is 2.44. The van der Waals surface area contributed by atoms with E-state index in [1.807, 2.05) is 6.07 Å².